The lowest BCUT2D eigenvalue weighted by molar-refractivity contribution is -0.139. The highest BCUT2D eigenvalue weighted by atomic mass is 31.2. The third kappa shape index (κ3) is 7.03. The minimum Gasteiger partial charge on any atom is -0.382 e. The van der Waals surface area contributed by atoms with Gasteiger partial charge in [-0.1, -0.05) is 60.7 Å². The molecule has 4 atom stereocenters. The Bertz CT molecular complexity index is 1580. The molecule has 2 aromatic carbocycles. The summed E-state index contributed by atoms with van der Waals surface area (Å²) in [6.07, 6.45) is 7.56. The van der Waals surface area contributed by atoms with Gasteiger partial charge in [-0.3, -0.25) is 9.36 Å². The van der Waals surface area contributed by atoms with Crippen molar-refractivity contribution in [2.45, 2.75) is 44.9 Å². The summed E-state index contributed by atoms with van der Waals surface area (Å²) in [6.45, 7) is 3.70. The fraction of sp³-hybridized carbons (Fsp3) is 0.310. The molecule has 0 amide bonds. The standard InChI is InChI=1S/C29H34N7O5P/c1-20(2)40-36(23-11-7-4-8-12-23)25(16-21-9-5-3-6-10-21)29(37)41-42(31,38)39-17-22-13-14-24(15-22)35-19-34-26-27(30)32-18-33-28(26)35/h3-14,18-20,22,24-25H,15-17H2,1-2H3,(H2,31,38)(H2,30,32,33)/t22-,24+,25-,42?/m0/s1. The maximum Gasteiger partial charge on any atom is 0.458 e. The van der Waals surface area contributed by atoms with Gasteiger partial charge in [-0.05, 0) is 38.0 Å². The minimum absolute atomic E-state index is 0.00788. The fourth-order valence-corrected chi connectivity index (χ4v) is 5.65. The van der Waals surface area contributed by atoms with E-state index >= 15 is 0 Å². The summed E-state index contributed by atoms with van der Waals surface area (Å²) in [7, 11) is -4.27. The molecule has 5 rings (SSSR count). The average Bonchev–Trinajstić information content (AvgIpc) is 3.62. The van der Waals surface area contributed by atoms with Crippen molar-refractivity contribution in [1.29, 1.82) is 0 Å². The van der Waals surface area contributed by atoms with E-state index in [1.165, 1.54) is 11.4 Å². The number of allylic oxidation sites excluding steroid dienone is 1. The van der Waals surface area contributed by atoms with E-state index in [9.17, 15) is 9.36 Å². The Kier molecular flexibility index (Phi) is 8.98. The largest absolute Gasteiger partial charge is 0.458 e. The zero-order chi connectivity index (χ0) is 29.7. The van der Waals surface area contributed by atoms with Crippen LogP contribution in [0.2, 0.25) is 0 Å². The van der Waals surface area contributed by atoms with Crippen LogP contribution in [0.1, 0.15) is 31.9 Å². The number of aromatic nitrogens is 4. The van der Waals surface area contributed by atoms with Crippen molar-refractivity contribution in [2.24, 2.45) is 11.4 Å². The van der Waals surface area contributed by atoms with Gasteiger partial charge in [0.05, 0.1) is 30.8 Å². The number of nitrogen functional groups attached to an aromatic ring is 1. The number of nitrogens with zero attached hydrogens (tertiary/aromatic N) is 5. The van der Waals surface area contributed by atoms with E-state index < -0.39 is 19.8 Å². The Labute approximate surface area is 243 Å². The monoisotopic (exact) mass is 591 g/mol. The first-order chi connectivity index (χ1) is 20.2. The molecule has 0 radical (unpaired) electrons. The van der Waals surface area contributed by atoms with E-state index in [0.717, 1.165) is 5.56 Å². The van der Waals surface area contributed by atoms with Crippen LogP contribution in [-0.2, 0) is 29.7 Å². The highest BCUT2D eigenvalue weighted by molar-refractivity contribution is 7.51. The van der Waals surface area contributed by atoms with Gasteiger partial charge in [0.2, 0.25) is 0 Å². The van der Waals surface area contributed by atoms with Gasteiger partial charge < -0.3 is 14.8 Å². The molecule has 0 bridgehead atoms. The molecule has 0 spiro atoms. The summed E-state index contributed by atoms with van der Waals surface area (Å²) >= 11 is 0. The predicted octanol–water partition coefficient (Wildman–Crippen LogP) is 4.61. The number of benzene rings is 2. The molecule has 1 aliphatic carbocycles. The second kappa shape index (κ2) is 12.8. The normalized spacial score (nSPS) is 18.7. The Morgan fingerprint density at radius 2 is 1.79 bits per heavy atom. The molecule has 4 N–H and O–H groups in total. The summed E-state index contributed by atoms with van der Waals surface area (Å²) in [6, 6.07) is 17.5. The van der Waals surface area contributed by atoms with Crippen LogP contribution in [0.3, 0.4) is 0 Å². The summed E-state index contributed by atoms with van der Waals surface area (Å²) in [5.74, 6) is -0.648. The van der Waals surface area contributed by atoms with E-state index in [0.29, 0.717) is 29.1 Å². The number of hydrogen-bond acceptors (Lipinski definition) is 10. The van der Waals surface area contributed by atoms with Crippen molar-refractivity contribution in [3.05, 3.63) is 91.0 Å². The molecule has 0 aliphatic heterocycles. The fourth-order valence-electron chi connectivity index (χ4n) is 4.82. The average molecular weight is 592 g/mol. The lowest BCUT2D eigenvalue weighted by atomic mass is 10.1. The summed E-state index contributed by atoms with van der Waals surface area (Å²) < 4.78 is 26.0. The Balaban J connectivity index is 1.27. The number of carbonyl (C=O) groups is 1. The highest BCUT2D eigenvalue weighted by Crippen LogP contribution is 2.42. The molecule has 13 heteroatoms. The lowest BCUT2D eigenvalue weighted by Gasteiger charge is -2.33. The van der Waals surface area contributed by atoms with Crippen LogP contribution in [0.15, 0.2) is 85.5 Å². The van der Waals surface area contributed by atoms with Crippen LogP contribution in [0.25, 0.3) is 11.2 Å². The summed E-state index contributed by atoms with van der Waals surface area (Å²) in [4.78, 5) is 32.2. The number of hydroxylamine groups is 1. The number of anilines is 2. The van der Waals surface area contributed by atoms with Crippen molar-refractivity contribution >= 4 is 36.4 Å². The van der Waals surface area contributed by atoms with Crippen LogP contribution in [0.4, 0.5) is 11.5 Å². The smallest absolute Gasteiger partial charge is 0.382 e. The number of carbonyl (C=O) groups excluding carboxylic acids is 1. The van der Waals surface area contributed by atoms with Gasteiger partial charge in [0, 0.05) is 12.3 Å². The molecule has 4 aromatic rings. The van der Waals surface area contributed by atoms with Crippen LogP contribution < -0.4 is 16.3 Å². The van der Waals surface area contributed by atoms with E-state index in [1.54, 1.807) is 6.33 Å². The highest BCUT2D eigenvalue weighted by Gasteiger charge is 2.36. The van der Waals surface area contributed by atoms with Crippen molar-refractivity contribution in [2.75, 3.05) is 17.4 Å². The Morgan fingerprint density at radius 3 is 2.50 bits per heavy atom. The molecule has 42 heavy (non-hydrogen) atoms. The first-order valence-electron chi connectivity index (χ1n) is 13.6. The Hall–Kier alpha value is -4.09. The quantitative estimate of drug-likeness (QED) is 0.134. The van der Waals surface area contributed by atoms with Gasteiger partial charge in [-0.15, -0.1) is 0 Å². The summed E-state index contributed by atoms with van der Waals surface area (Å²) in [5.41, 5.74) is 14.5. The van der Waals surface area contributed by atoms with Gasteiger partial charge in [0.1, 0.15) is 11.8 Å². The molecule has 2 heterocycles. The van der Waals surface area contributed by atoms with Crippen molar-refractivity contribution in [3.8, 4) is 0 Å². The third-order valence-corrected chi connectivity index (χ3v) is 7.69. The van der Waals surface area contributed by atoms with Crippen LogP contribution in [0, 0.1) is 5.92 Å². The maximum atomic E-state index is 13.6. The number of rotatable bonds is 12. The van der Waals surface area contributed by atoms with Gasteiger partial charge in [-0.2, -0.15) is 0 Å². The van der Waals surface area contributed by atoms with Gasteiger partial charge in [0.15, 0.2) is 17.5 Å². The molecule has 0 saturated heterocycles. The number of imidazole rings is 1. The number of fused-ring (bicyclic) bond motifs is 1. The van der Waals surface area contributed by atoms with Crippen LogP contribution >= 0.6 is 7.75 Å². The van der Waals surface area contributed by atoms with Crippen molar-refractivity contribution < 1.29 is 23.2 Å². The lowest BCUT2D eigenvalue weighted by Crippen LogP contribution is -2.45. The van der Waals surface area contributed by atoms with Crippen LogP contribution in [-0.4, -0.2) is 44.2 Å². The van der Waals surface area contributed by atoms with Gasteiger partial charge in [-0.25, -0.2) is 34.9 Å². The Morgan fingerprint density at radius 1 is 1.07 bits per heavy atom. The molecule has 0 saturated carbocycles. The second-order valence-corrected chi connectivity index (χ2v) is 11.8. The van der Waals surface area contributed by atoms with E-state index in [4.69, 9.17) is 25.1 Å². The van der Waals surface area contributed by atoms with E-state index in [2.05, 4.69) is 15.0 Å². The third-order valence-electron chi connectivity index (χ3n) is 6.74. The van der Waals surface area contributed by atoms with Crippen molar-refractivity contribution in [3.63, 3.8) is 0 Å². The van der Waals surface area contributed by atoms with Gasteiger partial charge >= 0.3 is 13.7 Å². The van der Waals surface area contributed by atoms with Crippen LogP contribution in [0.5, 0.6) is 0 Å². The van der Waals surface area contributed by atoms with E-state index in [-0.39, 0.29) is 31.1 Å². The zero-order valence-electron chi connectivity index (χ0n) is 23.4. The molecule has 2 aromatic heterocycles. The van der Waals surface area contributed by atoms with Gasteiger partial charge in [0.25, 0.3) is 0 Å². The molecule has 12 nitrogen and oxygen atoms in total. The molecule has 1 aliphatic rings. The van der Waals surface area contributed by atoms with Crippen molar-refractivity contribution in [1.82, 2.24) is 19.5 Å². The molecule has 220 valence electrons. The zero-order valence-corrected chi connectivity index (χ0v) is 24.3. The topological polar surface area (TPSA) is 161 Å². The SMILES string of the molecule is CC(C)ON(c1ccccc1)[C@@H](Cc1ccccc1)C(=O)OP(N)(=O)OC[C@H]1C=C[C@@H](n2cnc3c(N)ncnc32)C1. The van der Waals surface area contributed by atoms with E-state index in [1.807, 2.05) is 91.2 Å². The molecule has 1 unspecified atom stereocenters. The maximum absolute atomic E-state index is 13.6. The first kappa shape index (κ1) is 29.4. The molecular weight excluding hydrogens is 557 g/mol. The minimum atomic E-state index is -4.27. The molecule has 0 fully saturated rings. The number of hydrogen-bond donors (Lipinski definition) is 2. The molecular formula is C29H34N7O5P. The summed E-state index contributed by atoms with van der Waals surface area (Å²) in [5, 5.41) is 1.48. The number of nitrogens with two attached hydrogens (primary N) is 2. The second-order valence-electron chi connectivity index (χ2n) is 10.3. The number of para-hydroxylation sites is 1. The predicted molar refractivity (Wildman–Crippen MR) is 159 cm³/mol. The first-order valence-corrected chi connectivity index (χ1v) is 15.2.